The van der Waals surface area contributed by atoms with Crippen LogP contribution in [0.1, 0.15) is 46.7 Å². The van der Waals surface area contributed by atoms with Crippen molar-refractivity contribution in [1.29, 1.82) is 0 Å². The molecule has 0 saturated heterocycles. The van der Waals surface area contributed by atoms with Crippen LogP contribution in [0.3, 0.4) is 0 Å². The van der Waals surface area contributed by atoms with E-state index in [0.29, 0.717) is 17.2 Å². The van der Waals surface area contributed by atoms with Crippen LogP contribution in [0.2, 0.25) is 0 Å². The maximum absolute atomic E-state index is 13.0. The summed E-state index contributed by atoms with van der Waals surface area (Å²) in [7, 11) is 0. The molecule has 110 valence electrons. The highest BCUT2D eigenvalue weighted by Gasteiger charge is 2.30. The minimum absolute atomic E-state index is 0.00979. The Morgan fingerprint density at radius 2 is 2.00 bits per heavy atom. The molecule has 1 aliphatic heterocycles. The molecule has 2 aromatic rings. The zero-order chi connectivity index (χ0) is 15.1. The van der Waals surface area contributed by atoms with E-state index in [1.54, 1.807) is 0 Å². The molecule has 1 unspecified atom stereocenters. The van der Waals surface area contributed by atoms with Crippen LogP contribution in [-0.4, -0.2) is 12.5 Å². The molecule has 3 nitrogen and oxygen atoms in total. The van der Waals surface area contributed by atoms with Gasteiger partial charge in [0.2, 0.25) is 0 Å². The first kappa shape index (κ1) is 14.4. The van der Waals surface area contributed by atoms with E-state index in [4.69, 9.17) is 4.42 Å². The number of furan rings is 1. The van der Waals surface area contributed by atoms with Crippen LogP contribution < -0.4 is 4.90 Å². The number of para-hydroxylation sites is 1. The highest BCUT2D eigenvalue weighted by atomic mass is 79.9. The van der Waals surface area contributed by atoms with Crippen LogP contribution in [0.15, 0.2) is 33.2 Å². The molecule has 1 aromatic carbocycles. The summed E-state index contributed by atoms with van der Waals surface area (Å²) in [5, 5.41) is 0. The van der Waals surface area contributed by atoms with Gasteiger partial charge in [-0.3, -0.25) is 4.79 Å². The second kappa shape index (κ2) is 5.34. The van der Waals surface area contributed by atoms with Gasteiger partial charge >= 0.3 is 0 Å². The van der Waals surface area contributed by atoms with E-state index in [1.165, 1.54) is 5.56 Å². The number of hydrogen-bond donors (Lipinski definition) is 0. The van der Waals surface area contributed by atoms with E-state index in [0.717, 1.165) is 28.9 Å². The second-order valence-corrected chi connectivity index (χ2v) is 6.40. The fourth-order valence-electron chi connectivity index (χ4n) is 3.00. The number of benzene rings is 1. The number of nitrogens with zero attached hydrogens (tertiary/aromatic N) is 1. The second-order valence-electron chi connectivity index (χ2n) is 5.61. The van der Waals surface area contributed by atoms with Gasteiger partial charge in [-0.15, -0.1) is 0 Å². The van der Waals surface area contributed by atoms with Crippen LogP contribution in [0.25, 0.3) is 0 Å². The molecule has 0 N–H and O–H groups in total. The predicted molar refractivity (Wildman–Crippen MR) is 87.0 cm³/mol. The molecule has 0 spiro atoms. The van der Waals surface area contributed by atoms with Crippen molar-refractivity contribution < 1.29 is 9.21 Å². The Hall–Kier alpha value is -1.55. The van der Waals surface area contributed by atoms with Crippen molar-refractivity contribution in [2.45, 2.75) is 33.1 Å². The van der Waals surface area contributed by atoms with Gasteiger partial charge in [0.1, 0.15) is 11.5 Å². The van der Waals surface area contributed by atoms with E-state index >= 15 is 0 Å². The minimum atomic E-state index is 0.00979. The summed E-state index contributed by atoms with van der Waals surface area (Å²) in [6, 6.07) is 8.16. The Labute approximate surface area is 133 Å². The fourth-order valence-corrected chi connectivity index (χ4v) is 3.52. The molecule has 1 aromatic heterocycles. The van der Waals surface area contributed by atoms with Crippen LogP contribution in [0.4, 0.5) is 5.69 Å². The average Bonchev–Trinajstić information content (AvgIpc) is 2.72. The van der Waals surface area contributed by atoms with Gasteiger partial charge in [-0.1, -0.05) is 25.1 Å². The van der Waals surface area contributed by atoms with Crippen molar-refractivity contribution in [2.75, 3.05) is 11.4 Å². The monoisotopic (exact) mass is 347 g/mol. The van der Waals surface area contributed by atoms with E-state index in [1.807, 2.05) is 36.9 Å². The molecule has 1 amide bonds. The van der Waals surface area contributed by atoms with Crippen molar-refractivity contribution in [1.82, 2.24) is 0 Å². The number of fused-ring (bicyclic) bond motifs is 1. The number of aryl methyl sites for hydroxylation is 2. The standard InChI is InChI=1S/C17H18BrNO2/c1-10-8-9-19(14-7-5-4-6-13(10)14)17(20)15-11(2)21-12(3)16(15)18/h4-7,10H,8-9H2,1-3H3. The molecule has 1 aliphatic rings. The van der Waals surface area contributed by atoms with Gasteiger partial charge < -0.3 is 9.32 Å². The van der Waals surface area contributed by atoms with Crippen LogP contribution in [0.5, 0.6) is 0 Å². The lowest BCUT2D eigenvalue weighted by Gasteiger charge is -2.33. The zero-order valence-electron chi connectivity index (χ0n) is 12.4. The normalized spacial score (nSPS) is 17.7. The maximum atomic E-state index is 13.0. The molecule has 0 fully saturated rings. The SMILES string of the molecule is Cc1oc(C)c(C(=O)N2CCC(C)c3ccccc32)c1Br. The van der Waals surface area contributed by atoms with Gasteiger partial charge in [0.05, 0.1) is 10.0 Å². The van der Waals surface area contributed by atoms with Crippen LogP contribution >= 0.6 is 15.9 Å². The number of rotatable bonds is 1. The number of amides is 1. The first-order chi connectivity index (χ1) is 10.0. The third-order valence-corrected chi connectivity index (χ3v) is 5.14. The number of carbonyl (C=O) groups is 1. The lowest BCUT2D eigenvalue weighted by Crippen LogP contribution is -2.36. The Kier molecular flexibility index (Phi) is 3.66. The van der Waals surface area contributed by atoms with E-state index in [-0.39, 0.29) is 5.91 Å². The number of halogens is 1. The van der Waals surface area contributed by atoms with Crippen molar-refractivity contribution in [3.63, 3.8) is 0 Å². The summed E-state index contributed by atoms with van der Waals surface area (Å²) in [5.74, 6) is 1.91. The van der Waals surface area contributed by atoms with Crippen LogP contribution in [0, 0.1) is 13.8 Å². The molecular formula is C17H18BrNO2. The zero-order valence-corrected chi connectivity index (χ0v) is 14.0. The number of carbonyl (C=O) groups excluding carboxylic acids is 1. The van der Waals surface area contributed by atoms with E-state index < -0.39 is 0 Å². The molecule has 4 heteroatoms. The first-order valence-electron chi connectivity index (χ1n) is 7.17. The van der Waals surface area contributed by atoms with Crippen molar-refractivity contribution in [3.8, 4) is 0 Å². The Balaban J connectivity index is 2.05. The molecule has 0 radical (unpaired) electrons. The van der Waals surface area contributed by atoms with Gasteiger partial charge in [-0.05, 0) is 53.7 Å². The van der Waals surface area contributed by atoms with Gasteiger partial charge in [0.15, 0.2) is 0 Å². The van der Waals surface area contributed by atoms with Crippen molar-refractivity contribution in [3.05, 3.63) is 51.4 Å². The van der Waals surface area contributed by atoms with Crippen molar-refractivity contribution in [2.24, 2.45) is 0 Å². The van der Waals surface area contributed by atoms with Crippen LogP contribution in [-0.2, 0) is 0 Å². The lowest BCUT2D eigenvalue weighted by atomic mass is 9.91. The third-order valence-electron chi connectivity index (χ3n) is 4.19. The molecule has 1 atom stereocenters. The quantitative estimate of drug-likeness (QED) is 0.741. The first-order valence-corrected chi connectivity index (χ1v) is 7.96. The third kappa shape index (κ3) is 2.31. The molecule has 0 bridgehead atoms. The summed E-state index contributed by atoms with van der Waals surface area (Å²) < 4.78 is 6.34. The predicted octanol–water partition coefficient (Wildman–Crippen LogP) is 4.81. The molecular weight excluding hydrogens is 330 g/mol. The summed E-state index contributed by atoms with van der Waals surface area (Å²) in [4.78, 5) is 14.8. The van der Waals surface area contributed by atoms with Gasteiger partial charge in [-0.2, -0.15) is 0 Å². The maximum Gasteiger partial charge on any atom is 0.262 e. The summed E-state index contributed by atoms with van der Waals surface area (Å²) in [6.07, 6.45) is 0.982. The molecule has 0 aliphatic carbocycles. The largest absolute Gasteiger partial charge is 0.465 e. The van der Waals surface area contributed by atoms with E-state index in [2.05, 4.69) is 28.9 Å². The number of anilines is 1. The molecule has 21 heavy (non-hydrogen) atoms. The van der Waals surface area contributed by atoms with E-state index in [9.17, 15) is 4.79 Å². The molecule has 0 saturated carbocycles. The summed E-state index contributed by atoms with van der Waals surface area (Å²) in [6.45, 7) is 6.65. The van der Waals surface area contributed by atoms with Crippen molar-refractivity contribution >= 4 is 27.5 Å². The smallest absolute Gasteiger partial charge is 0.262 e. The minimum Gasteiger partial charge on any atom is -0.465 e. The lowest BCUT2D eigenvalue weighted by molar-refractivity contribution is 0.0982. The fraction of sp³-hybridized carbons (Fsp3) is 0.353. The average molecular weight is 348 g/mol. The highest BCUT2D eigenvalue weighted by molar-refractivity contribution is 9.10. The van der Waals surface area contributed by atoms with Gasteiger partial charge in [0, 0.05) is 12.2 Å². The van der Waals surface area contributed by atoms with Gasteiger partial charge in [0.25, 0.3) is 5.91 Å². The topological polar surface area (TPSA) is 33.5 Å². The Morgan fingerprint density at radius 1 is 1.29 bits per heavy atom. The Bertz CT molecular complexity index is 705. The molecule has 3 rings (SSSR count). The Morgan fingerprint density at radius 3 is 2.67 bits per heavy atom. The highest BCUT2D eigenvalue weighted by Crippen LogP contribution is 2.37. The van der Waals surface area contributed by atoms with Gasteiger partial charge in [-0.25, -0.2) is 0 Å². The number of hydrogen-bond acceptors (Lipinski definition) is 2. The summed E-state index contributed by atoms with van der Waals surface area (Å²) >= 11 is 3.48. The summed E-state index contributed by atoms with van der Waals surface area (Å²) in [5.41, 5.74) is 2.90. The molecule has 2 heterocycles.